The number of benzene rings is 1. The molecule has 2 aromatic rings. The molecule has 8 nitrogen and oxygen atoms in total. The van der Waals surface area contributed by atoms with Crippen LogP contribution in [-0.2, 0) is 16.1 Å². The second-order valence-corrected chi connectivity index (χ2v) is 7.96. The Bertz CT molecular complexity index is 907. The van der Waals surface area contributed by atoms with Gasteiger partial charge in [-0.1, -0.05) is 41.7 Å². The summed E-state index contributed by atoms with van der Waals surface area (Å²) in [6, 6.07) is 9.67. The molecule has 2 heterocycles. The third kappa shape index (κ3) is 4.96. The van der Waals surface area contributed by atoms with Gasteiger partial charge in [-0.2, -0.15) is 0 Å². The summed E-state index contributed by atoms with van der Waals surface area (Å²) in [6.07, 6.45) is -0.348. The molecule has 0 N–H and O–H groups in total. The van der Waals surface area contributed by atoms with Crippen molar-refractivity contribution < 1.29 is 19.1 Å². The van der Waals surface area contributed by atoms with Gasteiger partial charge in [0.1, 0.15) is 4.88 Å². The largest absolute Gasteiger partial charge is 0.450 e. The van der Waals surface area contributed by atoms with E-state index in [4.69, 9.17) is 4.74 Å². The first kappa shape index (κ1) is 21.8. The van der Waals surface area contributed by atoms with Gasteiger partial charge in [-0.3, -0.25) is 14.5 Å². The molecule has 3 amide bonds. The number of rotatable bonds is 5. The molecule has 0 bridgehead atoms. The summed E-state index contributed by atoms with van der Waals surface area (Å²) in [6.45, 7) is 7.51. The summed E-state index contributed by atoms with van der Waals surface area (Å²) in [5.41, 5.74) is 1.59. The number of hydrogen-bond donors (Lipinski definition) is 0. The topological polar surface area (TPSA) is 83.0 Å². The van der Waals surface area contributed by atoms with Crippen LogP contribution in [0.2, 0.25) is 0 Å². The molecule has 1 aromatic heterocycles. The number of carbonyl (C=O) groups is 3. The highest BCUT2D eigenvalue weighted by Gasteiger charge is 2.29. The summed E-state index contributed by atoms with van der Waals surface area (Å²) in [4.78, 5) is 47.1. The van der Waals surface area contributed by atoms with Crippen molar-refractivity contribution in [3.05, 3.63) is 46.5 Å². The first-order valence-electron chi connectivity index (χ1n) is 9.91. The number of thiazole rings is 1. The van der Waals surface area contributed by atoms with E-state index in [2.05, 4.69) is 4.98 Å². The molecule has 0 radical (unpaired) electrons. The minimum atomic E-state index is -0.348. The molecule has 0 saturated carbocycles. The Labute approximate surface area is 180 Å². The fourth-order valence-electron chi connectivity index (χ4n) is 3.23. The first-order chi connectivity index (χ1) is 14.4. The third-order valence-corrected chi connectivity index (χ3v) is 6.04. The number of aromatic nitrogens is 1. The van der Waals surface area contributed by atoms with E-state index in [0.29, 0.717) is 55.0 Å². The van der Waals surface area contributed by atoms with Crippen molar-refractivity contribution in [1.29, 1.82) is 0 Å². The van der Waals surface area contributed by atoms with E-state index >= 15 is 0 Å². The molecule has 0 atom stereocenters. The zero-order chi connectivity index (χ0) is 21.7. The lowest BCUT2D eigenvalue weighted by atomic mass is 10.2. The molecule has 1 aliphatic rings. The standard InChI is InChI=1S/C21H26N4O4S/c1-4-29-21(28)24-12-10-23(11-13-24)19(27)18-15(2)22-20(30-18)25(16(3)26)14-17-8-6-5-7-9-17/h5-9H,4,10-14H2,1-3H3. The van der Waals surface area contributed by atoms with Crippen molar-refractivity contribution in [2.45, 2.75) is 27.3 Å². The Hall–Kier alpha value is -2.94. The van der Waals surface area contributed by atoms with E-state index in [1.165, 1.54) is 18.3 Å². The summed E-state index contributed by atoms with van der Waals surface area (Å²) in [5.74, 6) is -0.252. The highest BCUT2D eigenvalue weighted by atomic mass is 32.1. The summed E-state index contributed by atoms with van der Waals surface area (Å²) in [5, 5.41) is 0.511. The van der Waals surface area contributed by atoms with Crippen LogP contribution in [0, 0.1) is 6.92 Å². The monoisotopic (exact) mass is 430 g/mol. The van der Waals surface area contributed by atoms with Crippen LogP contribution in [0.4, 0.5) is 9.93 Å². The second-order valence-electron chi connectivity index (χ2n) is 6.98. The SMILES string of the molecule is CCOC(=O)N1CCN(C(=O)c2sc(N(Cc3ccccc3)C(C)=O)nc2C)CC1. The fourth-order valence-corrected chi connectivity index (χ4v) is 4.30. The van der Waals surface area contributed by atoms with E-state index < -0.39 is 0 Å². The summed E-state index contributed by atoms with van der Waals surface area (Å²) >= 11 is 1.23. The van der Waals surface area contributed by atoms with Gasteiger partial charge < -0.3 is 14.5 Å². The molecule has 9 heteroatoms. The molecule has 1 aliphatic heterocycles. The molecule has 1 fully saturated rings. The summed E-state index contributed by atoms with van der Waals surface area (Å²) in [7, 11) is 0. The molecule has 30 heavy (non-hydrogen) atoms. The maximum absolute atomic E-state index is 13.0. The van der Waals surface area contributed by atoms with Crippen molar-refractivity contribution in [2.75, 3.05) is 37.7 Å². The van der Waals surface area contributed by atoms with E-state index in [1.54, 1.807) is 28.5 Å². The zero-order valence-corrected chi connectivity index (χ0v) is 18.3. The quantitative estimate of drug-likeness (QED) is 0.728. The van der Waals surface area contributed by atoms with Crippen LogP contribution in [0.1, 0.15) is 34.8 Å². The molecule has 0 aliphatic carbocycles. The fraction of sp³-hybridized carbons (Fsp3) is 0.429. The van der Waals surface area contributed by atoms with Crippen LogP contribution < -0.4 is 4.90 Å². The minimum Gasteiger partial charge on any atom is -0.450 e. The van der Waals surface area contributed by atoms with Crippen LogP contribution >= 0.6 is 11.3 Å². The highest BCUT2D eigenvalue weighted by Crippen LogP contribution is 2.29. The van der Waals surface area contributed by atoms with Gasteiger partial charge in [0, 0.05) is 33.1 Å². The van der Waals surface area contributed by atoms with Gasteiger partial charge >= 0.3 is 6.09 Å². The summed E-state index contributed by atoms with van der Waals surface area (Å²) < 4.78 is 5.02. The molecule has 3 rings (SSSR count). The van der Waals surface area contributed by atoms with E-state index in [-0.39, 0.29) is 17.9 Å². The number of nitrogens with zero attached hydrogens (tertiary/aromatic N) is 4. The van der Waals surface area contributed by atoms with Crippen molar-refractivity contribution in [3.8, 4) is 0 Å². The van der Waals surface area contributed by atoms with Crippen LogP contribution in [0.5, 0.6) is 0 Å². The number of hydrogen-bond acceptors (Lipinski definition) is 6. The molecular formula is C21H26N4O4S. The number of anilines is 1. The average Bonchev–Trinajstić information content (AvgIpc) is 3.13. The maximum Gasteiger partial charge on any atom is 0.409 e. The van der Waals surface area contributed by atoms with Crippen molar-refractivity contribution in [3.63, 3.8) is 0 Å². The maximum atomic E-state index is 13.0. The Morgan fingerprint density at radius 3 is 2.33 bits per heavy atom. The minimum absolute atomic E-state index is 0.122. The van der Waals surface area contributed by atoms with Gasteiger partial charge in [0.25, 0.3) is 5.91 Å². The van der Waals surface area contributed by atoms with Crippen LogP contribution in [0.25, 0.3) is 0 Å². The normalized spacial score (nSPS) is 13.8. The van der Waals surface area contributed by atoms with E-state index in [9.17, 15) is 14.4 Å². The van der Waals surface area contributed by atoms with Crippen LogP contribution in [0.15, 0.2) is 30.3 Å². The average molecular weight is 431 g/mol. The number of aryl methyl sites for hydroxylation is 1. The van der Waals surface area contributed by atoms with Gasteiger partial charge in [0.05, 0.1) is 18.8 Å². The molecule has 160 valence electrons. The van der Waals surface area contributed by atoms with Gasteiger partial charge in [-0.25, -0.2) is 9.78 Å². The Morgan fingerprint density at radius 1 is 1.10 bits per heavy atom. The molecule has 0 unspecified atom stereocenters. The number of ether oxygens (including phenoxy) is 1. The van der Waals surface area contributed by atoms with Crippen molar-refractivity contribution in [2.24, 2.45) is 0 Å². The third-order valence-electron chi connectivity index (χ3n) is 4.87. The Balaban J connectivity index is 1.71. The number of piperazine rings is 1. The predicted molar refractivity (Wildman–Crippen MR) is 115 cm³/mol. The van der Waals surface area contributed by atoms with Crippen LogP contribution in [-0.4, -0.2) is 65.5 Å². The first-order valence-corrected chi connectivity index (χ1v) is 10.7. The Morgan fingerprint density at radius 2 is 1.73 bits per heavy atom. The van der Waals surface area contributed by atoms with E-state index in [1.807, 2.05) is 30.3 Å². The predicted octanol–water partition coefficient (Wildman–Crippen LogP) is 2.92. The molecule has 1 saturated heterocycles. The number of amides is 3. The molecule has 0 spiro atoms. The number of carbonyl (C=O) groups excluding carboxylic acids is 3. The van der Waals surface area contributed by atoms with Crippen LogP contribution in [0.3, 0.4) is 0 Å². The lowest BCUT2D eigenvalue weighted by Crippen LogP contribution is -2.50. The van der Waals surface area contributed by atoms with Gasteiger partial charge in [-0.15, -0.1) is 0 Å². The molecular weight excluding hydrogens is 404 g/mol. The second kappa shape index (κ2) is 9.71. The molecule has 1 aromatic carbocycles. The van der Waals surface area contributed by atoms with Crippen molar-refractivity contribution in [1.82, 2.24) is 14.8 Å². The van der Waals surface area contributed by atoms with Gasteiger partial charge in [0.15, 0.2) is 5.13 Å². The highest BCUT2D eigenvalue weighted by molar-refractivity contribution is 7.17. The lowest BCUT2D eigenvalue weighted by Gasteiger charge is -2.33. The Kier molecular flexibility index (Phi) is 7.04. The van der Waals surface area contributed by atoms with E-state index in [0.717, 1.165) is 5.56 Å². The van der Waals surface area contributed by atoms with Gasteiger partial charge in [0.2, 0.25) is 5.91 Å². The van der Waals surface area contributed by atoms with Gasteiger partial charge in [-0.05, 0) is 19.4 Å². The lowest BCUT2D eigenvalue weighted by molar-refractivity contribution is -0.116. The smallest absolute Gasteiger partial charge is 0.409 e. The van der Waals surface area contributed by atoms with Crippen molar-refractivity contribution >= 4 is 34.4 Å². The zero-order valence-electron chi connectivity index (χ0n) is 17.5.